The van der Waals surface area contributed by atoms with E-state index < -0.39 is 0 Å². The van der Waals surface area contributed by atoms with Crippen molar-refractivity contribution in [2.75, 3.05) is 20.2 Å². The lowest BCUT2D eigenvalue weighted by Crippen LogP contribution is -2.23. The highest BCUT2D eigenvalue weighted by molar-refractivity contribution is 5.74. The maximum atomic E-state index is 11.6. The highest BCUT2D eigenvalue weighted by atomic mass is 16.5. The molecule has 0 spiro atoms. The predicted molar refractivity (Wildman–Crippen MR) is 57.1 cm³/mol. The Morgan fingerprint density at radius 2 is 2.25 bits per heavy atom. The van der Waals surface area contributed by atoms with Crippen LogP contribution in [0.1, 0.15) is 22.9 Å². The van der Waals surface area contributed by atoms with Crippen LogP contribution in [-0.2, 0) is 9.53 Å². The molecule has 1 fully saturated rings. The third-order valence-electron chi connectivity index (χ3n) is 3.18. The molecular formula is C11H16N2O3. The Morgan fingerprint density at radius 3 is 2.81 bits per heavy atom. The number of aryl methyl sites for hydroxylation is 2. The first-order valence-electron chi connectivity index (χ1n) is 5.36. The molecule has 1 aromatic heterocycles. The van der Waals surface area contributed by atoms with Gasteiger partial charge in [0.25, 0.3) is 0 Å². The Morgan fingerprint density at radius 1 is 1.50 bits per heavy atom. The Balaban J connectivity index is 2.30. The van der Waals surface area contributed by atoms with Crippen molar-refractivity contribution in [3.8, 4) is 0 Å². The zero-order valence-corrected chi connectivity index (χ0v) is 9.74. The van der Waals surface area contributed by atoms with E-state index in [0.717, 1.165) is 23.6 Å². The summed E-state index contributed by atoms with van der Waals surface area (Å²) in [6.45, 7) is 5.20. The number of carbonyl (C=O) groups excluding carboxylic acids is 1. The second-order valence-electron chi connectivity index (χ2n) is 4.13. The molecule has 0 radical (unpaired) electrons. The summed E-state index contributed by atoms with van der Waals surface area (Å²) >= 11 is 0. The Kier molecular flexibility index (Phi) is 2.96. The minimum Gasteiger partial charge on any atom is -0.469 e. The molecule has 1 aromatic rings. The molecule has 1 saturated heterocycles. The quantitative estimate of drug-likeness (QED) is 0.752. The number of nitrogens with one attached hydrogen (secondary N) is 1. The van der Waals surface area contributed by atoms with Gasteiger partial charge in [-0.1, -0.05) is 5.16 Å². The second kappa shape index (κ2) is 4.25. The van der Waals surface area contributed by atoms with Gasteiger partial charge in [-0.25, -0.2) is 0 Å². The normalized spacial score (nSPS) is 24.7. The van der Waals surface area contributed by atoms with Gasteiger partial charge in [0, 0.05) is 24.6 Å². The van der Waals surface area contributed by atoms with Crippen molar-refractivity contribution in [1.29, 1.82) is 0 Å². The number of rotatable bonds is 2. The van der Waals surface area contributed by atoms with Crippen molar-refractivity contribution >= 4 is 5.97 Å². The molecule has 16 heavy (non-hydrogen) atoms. The Hall–Kier alpha value is -1.36. The monoisotopic (exact) mass is 224 g/mol. The van der Waals surface area contributed by atoms with E-state index in [1.165, 1.54) is 7.11 Å². The predicted octanol–water partition coefficient (Wildman–Crippen LogP) is 0.767. The van der Waals surface area contributed by atoms with Crippen LogP contribution in [0.25, 0.3) is 0 Å². The van der Waals surface area contributed by atoms with Gasteiger partial charge in [0.1, 0.15) is 5.76 Å². The van der Waals surface area contributed by atoms with Gasteiger partial charge in [-0.2, -0.15) is 0 Å². The van der Waals surface area contributed by atoms with E-state index in [0.29, 0.717) is 6.54 Å². The zero-order valence-electron chi connectivity index (χ0n) is 9.74. The van der Waals surface area contributed by atoms with Crippen molar-refractivity contribution in [3.05, 3.63) is 17.0 Å². The number of esters is 1. The highest BCUT2D eigenvalue weighted by Gasteiger charge is 2.37. The summed E-state index contributed by atoms with van der Waals surface area (Å²) in [5.41, 5.74) is 1.90. The molecule has 1 aliphatic heterocycles. The molecule has 0 amide bonds. The van der Waals surface area contributed by atoms with E-state index in [1.807, 2.05) is 13.8 Å². The summed E-state index contributed by atoms with van der Waals surface area (Å²) in [4.78, 5) is 11.6. The minimum absolute atomic E-state index is 0.110. The molecule has 0 aliphatic carbocycles. The molecule has 2 unspecified atom stereocenters. The van der Waals surface area contributed by atoms with Crippen LogP contribution in [0.2, 0.25) is 0 Å². The first kappa shape index (κ1) is 11.1. The van der Waals surface area contributed by atoms with Crippen LogP contribution in [0.15, 0.2) is 4.52 Å². The fourth-order valence-electron chi connectivity index (χ4n) is 2.40. The molecular weight excluding hydrogens is 208 g/mol. The van der Waals surface area contributed by atoms with E-state index in [9.17, 15) is 4.79 Å². The van der Waals surface area contributed by atoms with Gasteiger partial charge >= 0.3 is 5.97 Å². The topological polar surface area (TPSA) is 64.4 Å². The lowest BCUT2D eigenvalue weighted by atomic mass is 9.88. The van der Waals surface area contributed by atoms with Gasteiger partial charge in [0.2, 0.25) is 0 Å². The number of carbonyl (C=O) groups is 1. The highest BCUT2D eigenvalue weighted by Crippen LogP contribution is 2.33. The second-order valence-corrected chi connectivity index (χ2v) is 4.13. The largest absolute Gasteiger partial charge is 0.469 e. The summed E-state index contributed by atoms with van der Waals surface area (Å²) in [5.74, 6) is 0.593. The molecule has 5 nitrogen and oxygen atoms in total. The first-order valence-corrected chi connectivity index (χ1v) is 5.36. The molecule has 0 bridgehead atoms. The molecule has 5 heteroatoms. The van der Waals surface area contributed by atoms with Crippen LogP contribution in [0.4, 0.5) is 0 Å². The summed E-state index contributed by atoms with van der Waals surface area (Å²) in [6, 6.07) is 0. The van der Waals surface area contributed by atoms with Gasteiger partial charge in [-0.15, -0.1) is 0 Å². The molecule has 1 aliphatic rings. The van der Waals surface area contributed by atoms with E-state index in [-0.39, 0.29) is 17.8 Å². The maximum Gasteiger partial charge on any atom is 0.310 e. The number of ether oxygens (including phenoxy) is 1. The van der Waals surface area contributed by atoms with Crippen LogP contribution in [0.5, 0.6) is 0 Å². The minimum atomic E-state index is -0.171. The van der Waals surface area contributed by atoms with Gasteiger partial charge in [0.05, 0.1) is 18.7 Å². The molecule has 1 N–H and O–H groups in total. The van der Waals surface area contributed by atoms with Crippen LogP contribution < -0.4 is 5.32 Å². The molecule has 2 rings (SSSR count). The number of hydrogen-bond donors (Lipinski definition) is 1. The summed E-state index contributed by atoms with van der Waals surface area (Å²) in [6.07, 6.45) is 0. The lowest BCUT2D eigenvalue weighted by Gasteiger charge is -2.15. The SMILES string of the molecule is COC(=O)C1CNCC1c1c(C)noc1C. The van der Waals surface area contributed by atoms with E-state index >= 15 is 0 Å². The Labute approximate surface area is 94.1 Å². The Bertz CT molecular complexity index is 380. The number of hydrogen-bond acceptors (Lipinski definition) is 5. The maximum absolute atomic E-state index is 11.6. The fraction of sp³-hybridized carbons (Fsp3) is 0.636. The first-order chi connectivity index (χ1) is 7.65. The van der Waals surface area contributed by atoms with E-state index in [1.54, 1.807) is 0 Å². The van der Waals surface area contributed by atoms with Crippen LogP contribution in [-0.4, -0.2) is 31.3 Å². The molecule has 0 saturated carbocycles. The number of aromatic nitrogens is 1. The van der Waals surface area contributed by atoms with Gasteiger partial charge in [0.15, 0.2) is 0 Å². The van der Waals surface area contributed by atoms with Gasteiger partial charge in [-0.3, -0.25) is 4.79 Å². The van der Waals surface area contributed by atoms with Crippen LogP contribution in [0, 0.1) is 19.8 Å². The summed E-state index contributed by atoms with van der Waals surface area (Å²) < 4.78 is 9.95. The molecule has 88 valence electrons. The van der Waals surface area contributed by atoms with Crippen molar-refractivity contribution in [2.24, 2.45) is 5.92 Å². The molecule has 2 atom stereocenters. The zero-order chi connectivity index (χ0) is 11.7. The lowest BCUT2D eigenvalue weighted by molar-refractivity contribution is -0.145. The third kappa shape index (κ3) is 1.71. The molecule has 0 aromatic carbocycles. The van der Waals surface area contributed by atoms with Crippen LogP contribution in [0.3, 0.4) is 0 Å². The summed E-state index contributed by atoms with van der Waals surface area (Å²) in [7, 11) is 1.42. The number of methoxy groups -OCH3 is 1. The number of nitrogens with zero attached hydrogens (tertiary/aromatic N) is 1. The molecule has 2 heterocycles. The third-order valence-corrected chi connectivity index (χ3v) is 3.18. The standard InChI is InChI=1S/C11H16N2O3/c1-6-10(7(2)16-13-6)8-4-12-5-9(8)11(14)15-3/h8-9,12H,4-5H2,1-3H3. The van der Waals surface area contributed by atoms with Gasteiger partial charge < -0.3 is 14.6 Å². The van der Waals surface area contributed by atoms with Crippen molar-refractivity contribution < 1.29 is 14.1 Å². The van der Waals surface area contributed by atoms with Crippen molar-refractivity contribution in [1.82, 2.24) is 10.5 Å². The average Bonchev–Trinajstić information content (AvgIpc) is 2.84. The van der Waals surface area contributed by atoms with Crippen LogP contribution >= 0.6 is 0 Å². The van der Waals surface area contributed by atoms with E-state index in [4.69, 9.17) is 9.26 Å². The van der Waals surface area contributed by atoms with Crippen molar-refractivity contribution in [2.45, 2.75) is 19.8 Å². The fourth-order valence-corrected chi connectivity index (χ4v) is 2.40. The van der Waals surface area contributed by atoms with Gasteiger partial charge in [-0.05, 0) is 13.8 Å². The average molecular weight is 224 g/mol. The summed E-state index contributed by atoms with van der Waals surface area (Å²) in [5, 5.41) is 7.14. The smallest absolute Gasteiger partial charge is 0.310 e. The van der Waals surface area contributed by atoms with E-state index in [2.05, 4.69) is 10.5 Å². The van der Waals surface area contributed by atoms with Crippen molar-refractivity contribution in [3.63, 3.8) is 0 Å².